The van der Waals surface area contributed by atoms with Gasteiger partial charge in [0.05, 0.1) is 16.7 Å². The number of amides is 1. The van der Waals surface area contributed by atoms with Crippen LogP contribution in [0.1, 0.15) is 13.3 Å². The van der Waals surface area contributed by atoms with E-state index in [1.165, 1.54) is 6.07 Å². The molecule has 0 radical (unpaired) electrons. The zero-order valence-corrected chi connectivity index (χ0v) is 13.4. The van der Waals surface area contributed by atoms with E-state index >= 15 is 0 Å². The number of para-hydroxylation sites is 4. The van der Waals surface area contributed by atoms with Gasteiger partial charge < -0.3 is 10.4 Å². The third-order valence-corrected chi connectivity index (χ3v) is 3.98. The number of carbonyl (C=O) groups is 1. The van der Waals surface area contributed by atoms with E-state index in [4.69, 9.17) is 0 Å². The number of aromatic hydroxyl groups is 1. The van der Waals surface area contributed by atoms with Gasteiger partial charge in [0, 0.05) is 19.5 Å². The number of aryl methyl sites for hydroxylation is 2. The van der Waals surface area contributed by atoms with Crippen LogP contribution in [0.4, 0.5) is 5.69 Å². The molecule has 2 N–H and O–H groups in total. The highest BCUT2D eigenvalue weighted by Gasteiger charge is 2.13. The molecule has 3 rings (SSSR count). The quantitative estimate of drug-likeness (QED) is 0.708. The van der Waals surface area contributed by atoms with Gasteiger partial charge in [-0.2, -0.15) is 0 Å². The van der Waals surface area contributed by atoms with E-state index in [2.05, 4.69) is 5.32 Å². The van der Waals surface area contributed by atoms with E-state index in [1.807, 2.05) is 31.2 Å². The fourth-order valence-electron chi connectivity index (χ4n) is 2.80. The molecule has 2 aromatic carbocycles. The van der Waals surface area contributed by atoms with Crippen LogP contribution in [-0.2, 0) is 17.9 Å². The van der Waals surface area contributed by atoms with Gasteiger partial charge >= 0.3 is 5.69 Å². The number of nitrogens with zero attached hydrogens (tertiary/aromatic N) is 2. The van der Waals surface area contributed by atoms with E-state index in [0.29, 0.717) is 12.2 Å². The van der Waals surface area contributed by atoms with Gasteiger partial charge in [0.1, 0.15) is 5.75 Å². The maximum Gasteiger partial charge on any atom is 0.329 e. The third-order valence-electron chi connectivity index (χ3n) is 3.98. The zero-order chi connectivity index (χ0) is 17.1. The van der Waals surface area contributed by atoms with Crippen LogP contribution in [0.2, 0.25) is 0 Å². The summed E-state index contributed by atoms with van der Waals surface area (Å²) >= 11 is 0. The molecule has 0 bridgehead atoms. The lowest BCUT2D eigenvalue weighted by Crippen LogP contribution is -2.25. The highest BCUT2D eigenvalue weighted by atomic mass is 16.3. The lowest BCUT2D eigenvalue weighted by atomic mass is 10.2. The first-order valence-corrected chi connectivity index (χ1v) is 7.87. The Morgan fingerprint density at radius 1 is 1.04 bits per heavy atom. The molecule has 6 heteroatoms. The number of nitrogens with one attached hydrogen (secondary N) is 1. The lowest BCUT2D eigenvalue weighted by Gasteiger charge is -2.07. The normalized spacial score (nSPS) is 10.9. The fourth-order valence-corrected chi connectivity index (χ4v) is 2.80. The van der Waals surface area contributed by atoms with Gasteiger partial charge in [-0.3, -0.25) is 13.9 Å². The molecule has 24 heavy (non-hydrogen) atoms. The van der Waals surface area contributed by atoms with E-state index in [-0.39, 0.29) is 30.3 Å². The monoisotopic (exact) mass is 325 g/mol. The van der Waals surface area contributed by atoms with Crippen LogP contribution in [-0.4, -0.2) is 20.1 Å². The molecule has 0 unspecified atom stereocenters. The molecule has 6 nitrogen and oxygen atoms in total. The minimum Gasteiger partial charge on any atom is -0.506 e. The molecular formula is C18H19N3O3. The fraction of sp³-hybridized carbons (Fsp3) is 0.222. The van der Waals surface area contributed by atoms with Crippen LogP contribution in [0.25, 0.3) is 11.0 Å². The number of aromatic nitrogens is 2. The zero-order valence-electron chi connectivity index (χ0n) is 13.4. The number of imidazole rings is 1. The molecule has 124 valence electrons. The van der Waals surface area contributed by atoms with Crippen molar-refractivity contribution < 1.29 is 9.90 Å². The molecule has 0 aliphatic rings. The first-order valence-electron chi connectivity index (χ1n) is 7.87. The summed E-state index contributed by atoms with van der Waals surface area (Å²) in [5.41, 5.74) is 1.94. The Labute approximate surface area is 139 Å². The second-order valence-electron chi connectivity index (χ2n) is 5.48. The average Bonchev–Trinajstić information content (AvgIpc) is 2.86. The molecule has 0 spiro atoms. The summed E-state index contributed by atoms with van der Waals surface area (Å²) in [5, 5.41) is 12.3. The average molecular weight is 325 g/mol. The number of hydrogen-bond acceptors (Lipinski definition) is 3. The van der Waals surface area contributed by atoms with Crippen molar-refractivity contribution in [3.63, 3.8) is 0 Å². The predicted octanol–water partition coefficient (Wildman–Crippen LogP) is 2.56. The molecule has 0 aliphatic carbocycles. The largest absolute Gasteiger partial charge is 0.506 e. The number of benzene rings is 2. The highest BCUT2D eigenvalue weighted by Crippen LogP contribution is 2.21. The number of phenols is 1. The number of rotatable bonds is 5. The third kappa shape index (κ3) is 2.90. The van der Waals surface area contributed by atoms with Gasteiger partial charge in [-0.25, -0.2) is 4.79 Å². The van der Waals surface area contributed by atoms with E-state index in [0.717, 1.165) is 11.0 Å². The van der Waals surface area contributed by atoms with Crippen molar-refractivity contribution in [2.45, 2.75) is 26.4 Å². The van der Waals surface area contributed by atoms with Crippen LogP contribution < -0.4 is 11.0 Å². The van der Waals surface area contributed by atoms with E-state index in [1.54, 1.807) is 27.3 Å². The maximum absolute atomic E-state index is 12.5. The summed E-state index contributed by atoms with van der Waals surface area (Å²) in [6.07, 6.45) is 0.145. The summed E-state index contributed by atoms with van der Waals surface area (Å²) in [4.78, 5) is 24.6. The van der Waals surface area contributed by atoms with E-state index < -0.39 is 0 Å². The second kappa shape index (κ2) is 6.62. The van der Waals surface area contributed by atoms with Crippen molar-refractivity contribution in [1.29, 1.82) is 0 Å². The molecule has 1 aromatic heterocycles. The van der Waals surface area contributed by atoms with Crippen LogP contribution >= 0.6 is 0 Å². The standard InChI is InChI=1S/C18H19N3O3/c1-2-20-14-8-4-5-9-15(14)21(18(20)24)12-11-17(23)19-13-7-3-6-10-16(13)22/h3-10,22H,2,11-12H2,1H3,(H,19,23). The predicted molar refractivity (Wildman–Crippen MR) is 93.2 cm³/mol. The lowest BCUT2D eigenvalue weighted by molar-refractivity contribution is -0.116. The van der Waals surface area contributed by atoms with Crippen molar-refractivity contribution in [2.75, 3.05) is 5.32 Å². The van der Waals surface area contributed by atoms with Gasteiger partial charge in [0.15, 0.2) is 0 Å². The topological polar surface area (TPSA) is 76.3 Å². The summed E-state index contributed by atoms with van der Waals surface area (Å²) in [7, 11) is 0. The van der Waals surface area contributed by atoms with Crippen LogP contribution in [0, 0.1) is 0 Å². The molecule has 0 saturated heterocycles. The van der Waals surface area contributed by atoms with Crippen LogP contribution in [0.3, 0.4) is 0 Å². The Hall–Kier alpha value is -3.02. The van der Waals surface area contributed by atoms with Gasteiger partial charge in [-0.05, 0) is 31.2 Å². The van der Waals surface area contributed by atoms with Crippen molar-refractivity contribution in [3.05, 3.63) is 59.0 Å². The Morgan fingerprint density at radius 3 is 2.33 bits per heavy atom. The molecule has 0 aliphatic heterocycles. The summed E-state index contributed by atoms with van der Waals surface area (Å²) in [6, 6.07) is 14.1. The minimum atomic E-state index is -0.253. The SMILES string of the molecule is CCn1c(=O)n(CCC(=O)Nc2ccccc2O)c2ccccc21. The molecule has 3 aromatic rings. The molecular weight excluding hydrogens is 306 g/mol. The smallest absolute Gasteiger partial charge is 0.329 e. The first-order chi connectivity index (χ1) is 11.6. The first kappa shape index (κ1) is 15.9. The number of anilines is 1. The number of fused-ring (bicyclic) bond motifs is 1. The van der Waals surface area contributed by atoms with Crippen molar-refractivity contribution >= 4 is 22.6 Å². The number of carbonyl (C=O) groups excluding carboxylic acids is 1. The van der Waals surface area contributed by atoms with Crippen molar-refractivity contribution in [1.82, 2.24) is 9.13 Å². The molecule has 0 fully saturated rings. The van der Waals surface area contributed by atoms with Gasteiger partial charge in [0.2, 0.25) is 5.91 Å². The van der Waals surface area contributed by atoms with Crippen molar-refractivity contribution in [2.24, 2.45) is 0 Å². The van der Waals surface area contributed by atoms with Crippen LogP contribution in [0.15, 0.2) is 53.3 Å². The van der Waals surface area contributed by atoms with E-state index in [9.17, 15) is 14.7 Å². The number of hydrogen-bond donors (Lipinski definition) is 2. The van der Waals surface area contributed by atoms with Crippen LogP contribution in [0.5, 0.6) is 5.75 Å². The molecule has 1 amide bonds. The van der Waals surface area contributed by atoms with Gasteiger partial charge in [-0.1, -0.05) is 24.3 Å². The Kier molecular flexibility index (Phi) is 4.37. The Balaban J connectivity index is 1.79. The van der Waals surface area contributed by atoms with Crippen molar-refractivity contribution in [3.8, 4) is 5.75 Å². The van der Waals surface area contributed by atoms with Gasteiger partial charge in [0.25, 0.3) is 0 Å². The second-order valence-corrected chi connectivity index (χ2v) is 5.48. The van der Waals surface area contributed by atoms with Gasteiger partial charge in [-0.15, -0.1) is 0 Å². The summed E-state index contributed by atoms with van der Waals surface area (Å²) in [6.45, 7) is 2.78. The summed E-state index contributed by atoms with van der Waals surface area (Å²) in [5.74, 6) is -0.234. The molecule has 0 saturated carbocycles. The molecule has 0 atom stereocenters. The Morgan fingerprint density at radius 2 is 1.67 bits per heavy atom. The number of phenolic OH excluding ortho intramolecular Hbond substituents is 1. The maximum atomic E-state index is 12.5. The minimum absolute atomic E-state index is 0.0191. The summed E-state index contributed by atoms with van der Waals surface area (Å²) < 4.78 is 3.31. The molecule has 1 heterocycles. The highest BCUT2D eigenvalue weighted by molar-refractivity contribution is 5.92. The Bertz CT molecular complexity index is 940.